The van der Waals surface area contributed by atoms with Crippen molar-refractivity contribution in [2.75, 3.05) is 26.1 Å². The average molecular weight is 621 g/mol. The molecule has 3 heterocycles. The Kier molecular flexibility index (Phi) is 9.58. The van der Waals surface area contributed by atoms with Gasteiger partial charge in [0.25, 0.3) is 5.91 Å². The molecular weight excluding hydrogens is 593 g/mol. The van der Waals surface area contributed by atoms with E-state index in [9.17, 15) is 32.3 Å². The van der Waals surface area contributed by atoms with Crippen molar-refractivity contribution in [2.24, 2.45) is 0 Å². The number of carbonyl (C=O) groups excluding carboxylic acids is 4. The first-order chi connectivity index (χ1) is 20.5. The van der Waals surface area contributed by atoms with Gasteiger partial charge in [0.15, 0.2) is 5.69 Å². The predicted molar refractivity (Wildman–Crippen MR) is 149 cm³/mol. The second kappa shape index (κ2) is 13.1. The Morgan fingerprint density at radius 2 is 1.74 bits per heavy atom. The maximum absolute atomic E-state index is 14.3. The number of anilines is 1. The Morgan fingerprint density at radius 1 is 1.05 bits per heavy atom. The minimum atomic E-state index is -5.02. The van der Waals surface area contributed by atoms with Crippen molar-refractivity contribution in [2.45, 2.75) is 44.8 Å². The zero-order chi connectivity index (χ0) is 31.3. The smallest absolute Gasteiger partial charge is 0.435 e. The number of hydrogen-bond donors (Lipinski definition) is 3. The molecule has 0 spiro atoms. The first kappa shape index (κ1) is 31.3. The molecule has 43 heavy (non-hydrogen) atoms. The fourth-order valence-corrected chi connectivity index (χ4v) is 5.63. The van der Waals surface area contributed by atoms with Crippen LogP contribution in [0.1, 0.15) is 68.7 Å². The highest BCUT2D eigenvalue weighted by Gasteiger charge is 2.41. The third kappa shape index (κ3) is 6.90. The van der Waals surface area contributed by atoms with Gasteiger partial charge in [-0.25, -0.2) is 24.4 Å². The number of pyridine rings is 2. The molecule has 0 saturated heterocycles. The van der Waals surface area contributed by atoms with E-state index in [1.165, 1.54) is 24.7 Å². The number of methoxy groups -OCH3 is 2. The first-order valence-electron chi connectivity index (χ1n) is 13.1. The molecule has 3 aromatic heterocycles. The lowest BCUT2D eigenvalue weighted by Gasteiger charge is -2.16. The fourth-order valence-electron chi connectivity index (χ4n) is 4.57. The number of halogens is 3. The lowest BCUT2D eigenvalue weighted by molar-refractivity contribution is -0.141. The molecule has 12 nitrogen and oxygen atoms in total. The fraction of sp³-hybridized carbons (Fsp3) is 0.370. The largest absolute Gasteiger partial charge is 0.465 e. The van der Waals surface area contributed by atoms with Crippen molar-refractivity contribution in [1.82, 2.24) is 25.6 Å². The van der Waals surface area contributed by atoms with Gasteiger partial charge in [0.2, 0.25) is 0 Å². The molecule has 4 rings (SSSR count). The highest BCUT2D eigenvalue weighted by Crippen LogP contribution is 2.43. The van der Waals surface area contributed by atoms with Gasteiger partial charge in [0, 0.05) is 47.9 Å². The van der Waals surface area contributed by atoms with Crippen LogP contribution in [-0.2, 0) is 15.7 Å². The predicted octanol–water partition coefficient (Wildman–Crippen LogP) is 4.67. The Hall–Kier alpha value is -4.60. The number of esters is 2. The molecule has 228 valence electrons. The second-order valence-electron chi connectivity index (χ2n) is 9.35. The summed E-state index contributed by atoms with van der Waals surface area (Å²) in [6, 6.07) is 0.310. The molecule has 1 aliphatic carbocycles. The zero-order valence-electron chi connectivity index (χ0n) is 23.3. The number of aromatic nitrogens is 3. The van der Waals surface area contributed by atoms with Crippen molar-refractivity contribution < 1.29 is 41.8 Å². The third-order valence-electron chi connectivity index (χ3n) is 6.51. The monoisotopic (exact) mass is 620 g/mol. The van der Waals surface area contributed by atoms with Crippen LogP contribution < -0.4 is 16.0 Å². The Labute approximate surface area is 247 Å². The Bertz CT molecular complexity index is 1550. The summed E-state index contributed by atoms with van der Waals surface area (Å²) >= 11 is 0.416. The van der Waals surface area contributed by atoms with Crippen LogP contribution in [0.15, 0.2) is 24.7 Å². The number of rotatable bonds is 8. The van der Waals surface area contributed by atoms with Crippen LogP contribution >= 0.6 is 11.3 Å². The number of hydrogen-bond acceptors (Lipinski definition) is 10. The van der Waals surface area contributed by atoms with E-state index in [0.29, 0.717) is 24.2 Å². The SMILES string of the molecule is CCNC(=O)Nc1ncc(-c2cncc(C(=O)OC)c2)c(-c2nc(C(F)(F)F)c(C(=O)NC3CCCC3)s2)c1C(=O)OC. The van der Waals surface area contributed by atoms with Gasteiger partial charge in [-0.1, -0.05) is 12.8 Å². The van der Waals surface area contributed by atoms with Gasteiger partial charge in [-0.15, -0.1) is 11.3 Å². The molecule has 0 atom stereocenters. The molecule has 3 amide bonds. The van der Waals surface area contributed by atoms with Crippen LogP contribution in [0.4, 0.5) is 23.8 Å². The molecular formula is C27H27F3N6O6S. The maximum atomic E-state index is 14.3. The number of urea groups is 1. The van der Waals surface area contributed by atoms with Crippen LogP contribution in [0.5, 0.6) is 0 Å². The van der Waals surface area contributed by atoms with E-state index >= 15 is 0 Å². The minimum Gasteiger partial charge on any atom is -0.465 e. The van der Waals surface area contributed by atoms with E-state index in [4.69, 9.17) is 9.47 Å². The van der Waals surface area contributed by atoms with E-state index in [2.05, 4.69) is 30.9 Å². The van der Waals surface area contributed by atoms with Gasteiger partial charge in [-0.3, -0.25) is 15.1 Å². The van der Waals surface area contributed by atoms with E-state index < -0.39 is 46.2 Å². The average Bonchev–Trinajstić information content (AvgIpc) is 3.67. The van der Waals surface area contributed by atoms with Gasteiger partial charge in [-0.05, 0) is 25.8 Å². The van der Waals surface area contributed by atoms with Gasteiger partial charge < -0.3 is 20.1 Å². The molecule has 1 fully saturated rings. The summed E-state index contributed by atoms with van der Waals surface area (Å²) in [6.07, 6.45) is 1.61. The molecule has 0 radical (unpaired) electrons. The van der Waals surface area contributed by atoms with E-state index in [-0.39, 0.29) is 45.7 Å². The summed E-state index contributed by atoms with van der Waals surface area (Å²) in [4.78, 5) is 62.1. The summed E-state index contributed by atoms with van der Waals surface area (Å²) in [5, 5.41) is 7.14. The van der Waals surface area contributed by atoms with Gasteiger partial charge in [0.05, 0.1) is 19.8 Å². The topological polar surface area (TPSA) is 161 Å². The highest BCUT2D eigenvalue weighted by molar-refractivity contribution is 7.17. The molecule has 3 N–H and O–H groups in total. The van der Waals surface area contributed by atoms with Crippen LogP contribution in [0, 0.1) is 0 Å². The van der Waals surface area contributed by atoms with Crippen molar-refractivity contribution >= 4 is 41.0 Å². The summed E-state index contributed by atoms with van der Waals surface area (Å²) in [6.45, 7) is 1.87. The summed E-state index contributed by atoms with van der Waals surface area (Å²) in [7, 11) is 2.20. The number of ether oxygens (including phenoxy) is 2. The minimum absolute atomic E-state index is 0.00171. The number of thiazole rings is 1. The number of carbonyl (C=O) groups is 4. The van der Waals surface area contributed by atoms with Crippen molar-refractivity contribution in [3.8, 4) is 21.7 Å². The van der Waals surface area contributed by atoms with Crippen molar-refractivity contribution in [1.29, 1.82) is 0 Å². The van der Waals surface area contributed by atoms with Gasteiger partial charge in [0.1, 0.15) is 21.3 Å². The van der Waals surface area contributed by atoms with Crippen LogP contribution in [-0.4, -0.2) is 65.6 Å². The third-order valence-corrected chi connectivity index (χ3v) is 7.59. The van der Waals surface area contributed by atoms with Crippen LogP contribution in [0.25, 0.3) is 21.7 Å². The summed E-state index contributed by atoms with van der Waals surface area (Å²) < 4.78 is 52.4. The number of amides is 3. The van der Waals surface area contributed by atoms with E-state index in [0.717, 1.165) is 27.1 Å². The first-order valence-corrected chi connectivity index (χ1v) is 13.9. The van der Waals surface area contributed by atoms with Crippen LogP contribution in [0.3, 0.4) is 0 Å². The Balaban J connectivity index is 2.00. The quantitative estimate of drug-likeness (QED) is 0.304. The maximum Gasteiger partial charge on any atom is 0.435 e. The standard InChI is InChI=1S/C27H27F3N6O6S/c1-4-32-26(40)36-21-18(25(39)42-3)17(16(12-33-21)13-9-14(11-31-10-13)24(38)41-2)23-35-20(27(28,29)30)19(43-23)22(37)34-15-7-5-6-8-15/h9-12,15H,4-8H2,1-3H3,(H,34,37)(H2,32,33,36,40). The van der Waals surface area contributed by atoms with E-state index in [1.807, 2.05) is 0 Å². The molecule has 1 aliphatic rings. The molecule has 0 bridgehead atoms. The lowest BCUT2D eigenvalue weighted by atomic mass is 9.97. The van der Waals surface area contributed by atoms with Crippen molar-refractivity contribution in [3.63, 3.8) is 0 Å². The highest BCUT2D eigenvalue weighted by atomic mass is 32.1. The zero-order valence-corrected chi connectivity index (χ0v) is 24.1. The van der Waals surface area contributed by atoms with E-state index in [1.54, 1.807) is 6.92 Å². The Morgan fingerprint density at radius 3 is 2.37 bits per heavy atom. The summed E-state index contributed by atoms with van der Waals surface area (Å²) in [5.74, 6) is -3.09. The normalized spacial score (nSPS) is 13.3. The molecule has 0 unspecified atom stereocenters. The lowest BCUT2D eigenvalue weighted by Crippen LogP contribution is -2.33. The van der Waals surface area contributed by atoms with Gasteiger partial charge >= 0.3 is 24.1 Å². The van der Waals surface area contributed by atoms with Gasteiger partial charge in [-0.2, -0.15) is 13.2 Å². The van der Waals surface area contributed by atoms with Crippen LogP contribution in [0.2, 0.25) is 0 Å². The number of nitrogens with zero attached hydrogens (tertiary/aromatic N) is 3. The molecule has 3 aromatic rings. The number of alkyl halides is 3. The molecule has 0 aliphatic heterocycles. The van der Waals surface area contributed by atoms with Crippen molar-refractivity contribution in [3.05, 3.63) is 46.4 Å². The molecule has 0 aromatic carbocycles. The summed E-state index contributed by atoms with van der Waals surface area (Å²) in [5.41, 5.74) is -1.93. The molecule has 1 saturated carbocycles. The second-order valence-corrected chi connectivity index (χ2v) is 10.3. The number of nitrogens with one attached hydrogen (secondary N) is 3. The molecule has 16 heteroatoms.